The Bertz CT molecular complexity index is 618. The van der Waals surface area contributed by atoms with Crippen molar-refractivity contribution in [1.82, 2.24) is 0 Å². The Labute approximate surface area is 131 Å². The summed E-state index contributed by atoms with van der Waals surface area (Å²) < 4.78 is 5.89. The van der Waals surface area contributed by atoms with Crippen LogP contribution in [0.5, 0.6) is 5.75 Å². The molecule has 0 radical (unpaired) electrons. The van der Waals surface area contributed by atoms with E-state index in [1.165, 1.54) is 0 Å². The van der Waals surface area contributed by atoms with Crippen molar-refractivity contribution in [2.24, 2.45) is 0 Å². The number of nitrogens with one attached hydrogen (secondary N) is 2. The second-order valence-electron chi connectivity index (χ2n) is 5.40. The number of ether oxygens (including phenoxy) is 1. The van der Waals surface area contributed by atoms with E-state index < -0.39 is 0 Å². The third-order valence-corrected chi connectivity index (χ3v) is 3.27. The number of rotatable bonds is 5. The fourth-order valence-corrected chi connectivity index (χ4v) is 2.22. The van der Waals surface area contributed by atoms with Crippen molar-refractivity contribution >= 4 is 17.3 Å². The number of para-hydroxylation sites is 1. The highest BCUT2D eigenvalue weighted by molar-refractivity contribution is 5.97. The molecule has 0 aliphatic carbocycles. The predicted molar refractivity (Wildman–Crippen MR) is 91.4 cm³/mol. The van der Waals surface area contributed by atoms with Crippen LogP contribution in [0, 0.1) is 0 Å². The molecular weight excluding hydrogens is 276 g/mol. The molecule has 4 heteroatoms. The lowest BCUT2D eigenvalue weighted by Crippen LogP contribution is -2.19. The summed E-state index contributed by atoms with van der Waals surface area (Å²) in [6, 6.07) is 5.73. The van der Waals surface area contributed by atoms with Crippen molar-refractivity contribution in [3.63, 3.8) is 0 Å². The fourth-order valence-electron chi connectivity index (χ4n) is 2.22. The van der Waals surface area contributed by atoms with Gasteiger partial charge in [-0.05, 0) is 31.6 Å². The first-order valence-electron chi connectivity index (χ1n) is 7.37. The summed E-state index contributed by atoms with van der Waals surface area (Å²) in [4.78, 5) is 11.8. The largest absolute Gasteiger partial charge is 0.487 e. The molecule has 0 saturated heterocycles. The van der Waals surface area contributed by atoms with E-state index in [0.29, 0.717) is 13.0 Å². The van der Waals surface area contributed by atoms with Gasteiger partial charge >= 0.3 is 0 Å². The van der Waals surface area contributed by atoms with Crippen LogP contribution in [0.1, 0.15) is 20.3 Å². The van der Waals surface area contributed by atoms with Gasteiger partial charge in [0.2, 0.25) is 5.91 Å². The molecule has 2 N–H and O–H groups in total. The molecule has 22 heavy (non-hydrogen) atoms. The van der Waals surface area contributed by atoms with E-state index in [-0.39, 0.29) is 11.9 Å². The highest BCUT2D eigenvalue weighted by Gasteiger charge is 2.20. The predicted octanol–water partition coefficient (Wildman–Crippen LogP) is 3.90. The van der Waals surface area contributed by atoms with Gasteiger partial charge in [-0.3, -0.25) is 4.79 Å². The van der Waals surface area contributed by atoms with Gasteiger partial charge in [0.1, 0.15) is 18.0 Å². The molecular formula is C18H22N2O2. The lowest BCUT2D eigenvalue weighted by Gasteiger charge is -2.17. The van der Waals surface area contributed by atoms with Gasteiger partial charge in [-0.2, -0.15) is 0 Å². The molecule has 1 aliphatic heterocycles. The van der Waals surface area contributed by atoms with Crippen molar-refractivity contribution in [1.29, 1.82) is 0 Å². The van der Waals surface area contributed by atoms with Crippen molar-refractivity contribution < 1.29 is 9.53 Å². The summed E-state index contributed by atoms with van der Waals surface area (Å²) >= 11 is 0. The molecule has 0 fully saturated rings. The first-order valence-corrected chi connectivity index (χ1v) is 7.37. The summed E-state index contributed by atoms with van der Waals surface area (Å²) in [7, 11) is 0. The minimum atomic E-state index is 0.0153. The molecule has 0 aromatic heterocycles. The van der Waals surface area contributed by atoms with Crippen LogP contribution in [0.25, 0.3) is 0 Å². The van der Waals surface area contributed by atoms with Gasteiger partial charge in [0.05, 0.1) is 5.69 Å². The Balaban J connectivity index is 2.14. The summed E-state index contributed by atoms with van der Waals surface area (Å²) in [6.45, 7) is 8.11. The number of hydrogen-bond donors (Lipinski definition) is 2. The molecule has 1 aromatic rings. The number of hydrogen-bond acceptors (Lipinski definition) is 3. The first-order chi connectivity index (χ1) is 10.6. The molecule has 0 bridgehead atoms. The molecule has 4 nitrogen and oxygen atoms in total. The van der Waals surface area contributed by atoms with Crippen molar-refractivity contribution in [3.05, 3.63) is 54.7 Å². The van der Waals surface area contributed by atoms with E-state index >= 15 is 0 Å². The number of allylic oxidation sites excluding steroid dienone is 4. The minimum absolute atomic E-state index is 0.0153. The van der Waals surface area contributed by atoms with Crippen LogP contribution in [0.15, 0.2) is 54.7 Å². The Morgan fingerprint density at radius 1 is 1.45 bits per heavy atom. The molecule has 1 atom stereocenters. The molecule has 2 rings (SSSR count). The summed E-state index contributed by atoms with van der Waals surface area (Å²) in [5.41, 5.74) is 2.71. The van der Waals surface area contributed by atoms with E-state index in [0.717, 1.165) is 22.7 Å². The maximum atomic E-state index is 11.8. The zero-order valence-electron chi connectivity index (χ0n) is 13.1. The number of carbonyl (C=O) groups is 1. The summed E-state index contributed by atoms with van der Waals surface area (Å²) in [5.74, 6) is 0.758. The second kappa shape index (κ2) is 7.50. The van der Waals surface area contributed by atoms with E-state index in [1.807, 2.05) is 50.3 Å². The maximum Gasteiger partial charge on any atom is 0.226 e. The number of fused-ring (bicyclic) bond motifs is 1. The van der Waals surface area contributed by atoms with Crippen molar-refractivity contribution in [2.45, 2.75) is 26.3 Å². The van der Waals surface area contributed by atoms with Crippen molar-refractivity contribution in [3.8, 4) is 5.75 Å². The molecule has 1 amide bonds. The zero-order valence-corrected chi connectivity index (χ0v) is 13.1. The number of amides is 1. The van der Waals surface area contributed by atoms with E-state index in [4.69, 9.17) is 4.74 Å². The van der Waals surface area contributed by atoms with Crippen molar-refractivity contribution in [2.75, 3.05) is 17.2 Å². The second-order valence-corrected chi connectivity index (χ2v) is 5.40. The number of benzene rings is 1. The number of anilines is 2. The van der Waals surface area contributed by atoms with Gasteiger partial charge in [0.15, 0.2) is 0 Å². The van der Waals surface area contributed by atoms with Gasteiger partial charge < -0.3 is 15.4 Å². The van der Waals surface area contributed by atoms with Crippen LogP contribution in [0.2, 0.25) is 0 Å². The fraction of sp³-hybridized carbons (Fsp3) is 0.278. The first kappa shape index (κ1) is 15.9. The molecule has 0 spiro atoms. The molecule has 0 saturated carbocycles. The van der Waals surface area contributed by atoms with Crippen LogP contribution in [0.3, 0.4) is 0 Å². The molecule has 116 valence electrons. The standard InChI is InChI=1S/C18H22N2O2/c1-4-5-6-8-13(2)12-22-16-10-7-9-15-18(16)19-14(3)11-17(21)20-15/h4-10,14,19H,1,11-12H2,2-3H3,(H,20,21)/b6-5-,13-8+/t14-/m1/s1. The van der Waals surface area contributed by atoms with Gasteiger partial charge in [-0.25, -0.2) is 0 Å². The van der Waals surface area contributed by atoms with Gasteiger partial charge in [-0.15, -0.1) is 0 Å². The quantitative estimate of drug-likeness (QED) is 0.811. The van der Waals surface area contributed by atoms with Crippen LogP contribution < -0.4 is 15.4 Å². The topological polar surface area (TPSA) is 50.4 Å². The van der Waals surface area contributed by atoms with Gasteiger partial charge in [-0.1, -0.05) is 36.9 Å². The Hall–Kier alpha value is -2.49. The SMILES string of the molecule is C=C/C=C\C=C(/C)COc1cccc2c1N[C@H](C)CC(=O)N2. The Kier molecular flexibility index (Phi) is 5.42. The highest BCUT2D eigenvalue weighted by Crippen LogP contribution is 2.35. The minimum Gasteiger partial charge on any atom is -0.487 e. The summed E-state index contributed by atoms with van der Waals surface area (Å²) in [5, 5.41) is 6.25. The maximum absolute atomic E-state index is 11.8. The average molecular weight is 298 g/mol. The third-order valence-electron chi connectivity index (χ3n) is 3.27. The van der Waals surface area contributed by atoms with Gasteiger partial charge in [0.25, 0.3) is 0 Å². The molecule has 1 aromatic carbocycles. The monoisotopic (exact) mass is 298 g/mol. The number of carbonyl (C=O) groups excluding carboxylic acids is 1. The van der Waals surface area contributed by atoms with Gasteiger partial charge in [0, 0.05) is 12.5 Å². The van der Waals surface area contributed by atoms with E-state index in [1.54, 1.807) is 6.08 Å². The average Bonchev–Trinajstić information content (AvgIpc) is 2.62. The Morgan fingerprint density at radius 3 is 3.05 bits per heavy atom. The molecule has 1 aliphatic rings. The highest BCUT2D eigenvalue weighted by atomic mass is 16.5. The van der Waals surface area contributed by atoms with Crippen LogP contribution >= 0.6 is 0 Å². The lowest BCUT2D eigenvalue weighted by molar-refractivity contribution is -0.116. The molecule has 1 heterocycles. The Morgan fingerprint density at radius 2 is 2.27 bits per heavy atom. The normalized spacial score (nSPS) is 18.2. The van der Waals surface area contributed by atoms with E-state index in [9.17, 15) is 4.79 Å². The smallest absolute Gasteiger partial charge is 0.226 e. The molecule has 0 unspecified atom stereocenters. The van der Waals surface area contributed by atoms with Crippen LogP contribution in [-0.4, -0.2) is 18.6 Å². The zero-order chi connectivity index (χ0) is 15.9. The third kappa shape index (κ3) is 4.25. The van der Waals surface area contributed by atoms with E-state index in [2.05, 4.69) is 17.2 Å². The van der Waals surface area contributed by atoms with Crippen LogP contribution in [-0.2, 0) is 4.79 Å². The van der Waals surface area contributed by atoms with Crippen LogP contribution in [0.4, 0.5) is 11.4 Å². The lowest BCUT2D eigenvalue weighted by atomic mass is 10.2. The summed E-state index contributed by atoms with van der Waals surface area (Å²) in [6.07, 6.45) is 7.96.